The number of carbonyl (C=O) groups excluding carboxylic acids is 5. The van der Waals surface area contributed by atoms with E-state index in [1.807, 2.05) is 0 Å². The molecule has 3 rings (SSSR count). The molecular weight excluding hydrogens is 764 g/mol. The lowest BCUT2D eigenvalue weighted by atomic mass is 10.0. The van der Waals surface area contributed by atoms with Gasteiger partial charge in [-0.2, -0.15) is 0 Å². The maximum Gasteiger partial charge on any atom is 0.326 e. The zero-order valence-electron chi connectivity index (χ0n) is 31.1. The summed E-state index contributed by atoms with van der Waals surface area (Å²) in [7, 11) is 0. The number of carboxylic acids is 2. The maximum atomic E-state index is 14.0. The molecule has 0 bridgehead atoms. The number of carbonyl (C=O) groups is 7. The van der Waals surface area contributed by atoms with Crippen LogP contribution in [0.4, 0.5) is 0 Å². The number of rotatable bonds is 23. The van der Waals surface area contributed by atoms with E-state index in [-0.39, 0.29) is 43.9 Å². The summed E-state index contributed by atoms with van der Waals surface area (Å²) >= 11 is 0. The van der Waals surface area contributed by atoms with E-state index in [9.17, 15) is 59.1 Å². The number of aromatic nitrogens is 1. The van der Waals surface area contributed by atoms with Crippen LogP contribution in [0.25, 0.3) is 10.9 Å². The lowest BCUT2D eigenvalue weighted by molar-refractivity contribution is -0.143. The molecule has 314 valence electrons. The number of hydrogen-bond acceptors (Lipinski definition) is 12. The minimum Gasteiger partial charge on any atom is -0.508 e. The molecule has 0 saturated heterocycles. The van der Waals surface area contributed by atoms with Gasteiger partial charge in [0.25, 0.3) is 0 Å². The highest BCUT2D eigenvalue weighted by Crippen LogP contribution is 2.20. The Balaban J connectivity index is 1.92. The molecule has 17 N–H and O–H groups in total. The fraction of sp³-hybridized carbons (Fsp3) is 0.389. The number of carboxylic acid groups (broad SMARTS) is 2. The van der Waals surface area contributed by atoms with Crippen LogP contribution in [-0.2, 0) is 46.4 Å². The van der Waals surface area contributed by atoms with Gasteiger partial charge in [0.2, 0.25) is 29.5 Å². The third-order valence-corrected chi connectivity index (χ3v) is 8.66. The topological polar surface area (TPSA) is 387 Å². The second-order valence-electron chi connectivity index (χ2n) is 13.1. The fourth-order valence-electron chi connectivity index (χ4n) is 5.60. The van der Waals surface area contributed by atoms with Gasteiger partial charge in [0.05, 0.1) is 19.6 Å². The van der Waals surface area contributed by atoms with Gasteiger partial charge < -0.3 is 74.3 Å². The second kappa shape index (κ2) is 22.1. The summed E-state index contributed by atoms with van der Waals surface area (Å²) in [6.07, 6.45) is 0.0384. The summed E-state index contributed by atoms with van der Waals surface area (Å²) in [5.41, 5.74) is 17.7. The van der Waals surface area contributed by atoms with Gasteiger partial charge in [-0.25, -0.2) is 4.79 Å². The van der Waals surface area contributed by atoms with Crippen LogP contribution in [0, 0.1) is 0 Å². The molecule has 0 aliphatic heterocycles. The molecule has 0 spiro atoms. The summed E-state index contributed by atoms with van der Waals surface area (Å²) < 4.78 is 0. The molecule has 0 aliphatic carbocycles. The van der Waals surface area contributed by atoms with Crippen LogP contribution in [0.2, 0.25) is 0 Å². The van der Waals surface area contributed by atoms with Crippen molar-refractivity contribution in [3.05, 3.63) is 65.9 Å². The van der Waals surface area contributed by atoms with Gasteiger partial charge in [0.15, 0.2) is 5.96 Å². The standard InChI is InChI=1S/C36H48N10O12/c37-22(16-47)30(52)46-28(17-48)34(56)44-26(13-19-15-41-23-5-2-1-4-21(19)23)32(54)45-27(14-29(50)51)33(55)43-25(12-18-7-9-20(49)10-8-18)31(53)42-24(35(57)58)6-3-11-40-36(38)39/h1-2,4-5,7-10,15,22,24-28,41,47-49H,3,6,11-14,16-17,37H2,(H,42,53)(H,43,55)(H,44,56)(H,45,54)(H,46,52)(H,50,51)(H,57,58)(H4,38,39,40)/t22-,24-,25-,26-,27-,28-/m0/s1. The van der Waals surface area contributed by atoms with Crippen molar-refractivity contribution in [1.29, 1.82) is 0 Å². The number of H-pyrrole nitrogens is 1. The minimum atomic E-state index is -1.88. The predicted molar refractivity (Wildman–Crippen MR) is 205 cm³/mol. The van der Waals surface area contributed by atoms with Gasteiger partial charge in [-0.3, -0.25) is 33.8 Å². The zero-order valence-corrected chi connectivity index (χ0v) is 31.1. The molecule has 22 nitrogen and oxygen atoms in total. The third kappa shape index (κ3) is 14.1. The number of phenolic OH excluding ortho intramolecular Hbond substituents is 1. The molecule has 6 atom stereocenters. The molecule has 22 heteroatoms. The number of para-hydroxylation sites is 1. The number of aromatic hydroxyl groups is 1. The number of aliphatic carboxylic acids is 2. The lowest BCUT2D eigenvalue weighted by Crippen LogP contribution is -2.60. The number of fused-ring (bicyclic) bond motifs is 1. The van der Waals surface area contributed by atoms with Gasteiger partial charge in [-0.05, 0) is 42.2 Å². The second-order valence-corrected chi connectivity index (χ2v) is 13.1. The first-order chi connectivity index (χ1) is 27.5. The molecular formula is C36H48N10O12. The lowest BCUT2D eigenvalue weighted by Gasteiger charge is -2.26. The SMILES string of the molecule is NC(N)=NCCC[C@H](NC(=O)[C@H](Cc1ccc(O)cc1)NC(=O)[C@H](CC(=O)O)NC(=O)[C@H](Cc1c[nH]c2ccccc12)NC(=O)[C@H](CO)NC(=O)[C@@H](N)CO)C(=O)O. The van der Waals surface area contributed by atoms with E-state index in [0.29, 0.717) is 22.0 Å². The Labute approximate surface area is 330 Å². The van der Waals surface area contributed by atoms with Crippen molar-refractivity contribution < 1.29 is 59.1 Å². The number of hydrogen-bond donors (Lipinski definition) is 14. The molecule has 2 aromatic carbocycles. The quantitative estimate of drug-likeness (QED) is 0.0247. The van der Waals surface area contributed by atoms with Crippen molar-refractivity contribution in [1.82, 2.24) is 31.6 Å². The normalized spacial score (nSPS) is 14.1. The average molecular weight is 813 g/mol. The molecule has 1 aromatic heterocycles. The van der Waals surface area contributed by atoms with Crippen molar-refractivity contribution in [3.8, 4) is 5.75 Å². The average Bonchev–Trinajstić information content (AvgIpc) is 3.59. The number of nitrogens with one attached hydrogen (secondary N) is 6. The Hall–Kier alpha value is -6.78. The van der Waals surface area contributed by atoms with E-state index >= 15 is 0 Å². The van der Waals surface area contributed by atoms with Crippen molar-refractivity contribution >= 4 is 58.3 Å². The summed E-state index contributed by atoms with van der Waals surface area (Å²) in [6, 6.07) is 2.86. The van der Waals surface area contributed by atoms with E-state index < -0.39 is 97.4 Å². The van der Waals surface area contributed by atoms with E-state index in [0.717, 1.165) is 0 Å². The number of amides is 5. The van der Waals surface area contributed by atoms with Crippen molar-refractivity contribution in [2.45, 2.75) is 68.4 Å². The fourth-order valence-corrected chi connectivity index (χ4v) is 5.60. The number of aliphatic hydroxyl groups excluding tert-OH is 2. The number of aliphatic hydroxyl groups is 2. The van der Waals surface area contributed by atoms with Crippen LogP contribution in [0.3, 0.4) is 0 Å². The van der Waals surface area contributed by atoms with Crippen LogP contribution in [-0.4, -0.2) is 134 Å². The number of nitrogens with zero attached hydrogens (tertiary/aromatic N) is 1. The first-order valence-corrected chi connectivity index (χ1v) is 17.8. The van der Waals surface area contributed by atoms with Gasteiger partial charge in [0.1, 0.15) is 42.0 Å². The first-order valence-electron chi connectivity index (χ1n) is 17.8. The Morgan fingerprint density at radius 1 is 0.690 bits per heavy atom. The number of benzene rings is 2. The largest absolute Gasteiger partial charge is 0.508 e. The number of phenols is 1. The zero-order chi connectivity index (χ0) is 42.9. The van der Waals surface area contributed by atoms with E-state index in [1.54, 1.807) is 30.5 Å². The molecule has 5 amide bonds. The van der Waals surface area contributed by atoms with Crippen LogP contribution >= 0.6 is 0 Å². The molecule has 1 heterocycles. The highest BCUT2D eigenvalue weighted by molar-refractivity contribution is 5.98. The number of aliphatic imine (C=N–C) groups is 1. The van der Waals surface area contributed by atoms with Crippen LogP contribution in [0.15, 0.2) is 59.7 Å². The van der Waals surface area contributed by atoms with Gasteiger partial charge >= 0.3 is 11.9 Å². The highest BCUT2D eigenvalue weighted by Gasteiger charge is 2.34. The van der Waals surface area contributed by atoms with E-state index in [2.05, 4.69) is 36.6 Å². The number of guanidine groups is 1. The first kappa shape index (κ1) is 45.6. The van der Waals surface area contributed by atoms with Crippen molar-refractivity contribution in [3.63, 3.8) is 0 Å². The van der Waals surface area contributed by atoms with E-state index in [1.165, 1.54) is 24.3 Å². The van der Waals surface area contributed by atoms with Crippen LogP contribution in [0.5, 0.6) is 5.75 Å². The highest BCUT2D eigenvalue weighted by atomic mass is 16.4. The third-order valence-electron chi connectivity index (χ3n) is 8.66. The summed E-state index contributed by atoms with van der Waals surface area (Å²) in [6.45, 7) is -1.67. The Morgan fingerprint density at radius 2 is 1.24 bits per heavy atom. The van der Waals surface area contributed by atoms with Crippen LogP contribution in [0.1, 0.15) is 30.4 Å². The number of nitrogens with two attached hydrogens (primary N) is 3. The van der Waals surface area contributed by atoms with Crippen molar-refractivity contribution in [2.24, 2.45) is 22.2 Å². The van der Waals surface area contributed by atoms with Crippen LogP contribution < -0.4 is 43.8 Å². The monoisotopic (exact) mass is 812 g/mol. The Morgan fingerprint density at radius 3 is 1.83 bits per heavy atom. The molecule has 58 heavy (non-hydrogen) atoms. The molecule has 0 aliphatic rings. The van der Waals surface area contributed by atoms with Gasteiger partial charge in [-0.15, -0.1) is 0 Å². The predicted octanol–water partition coefficient (Wildman–Crippen LogP) is -3.99. The van der Waals surface area contributed by atoms with Gasteiger partial charge in [0, 0.05) is 36.5 Å². The number of aromatic amines is 1. The molecule has 0 saturated carbocycles. The maximum absolute atomic E-state index is 14.0. The molecule has 0 unspecified atom stereocenters. The molecule has 0 radical (unpaired) electrons. The van der Waals surface area contributed by atoms with Crippen molar-refractivity contribution in [2.75, 3.05) is 19.8 Å². The van der Waals surface area contributed by atoms with E-state index in [4.69, 9.17) is 17.2 Å². The molecule has 0 fully saturated rings. The minimum absolute atomic E-state index is 0.0567. The summed E-state index contributed by atoms with van der Waals surface area (Å²) in [4.78, 5) is 97.8. The summed E-state index contributed by atoms with van der Waals surface area (Å²) in [5, 5.41) is 60.6. The van der Waals surface area contributed by atoms with Gasteiger partial charge in [-0.1, -0.05) is 30.3 Å². The Kier molecular flexibility index (Phi) is 17.4. The Bertz CT molecular complexity index is 1950. The summed E-state index contributed by atoms with van der Waals surface area (Å²) in [5.74, 6) is -8.59. The smallest absolute Gasteiger partial charge is 0.326 e. The molecule has 3 aromatic rings.